The van der Waals surface area contributed by atoms with E-state index in [1.54, 1.807) is 6.08 Å². The monoisotopic (exact) mass is 357 g/mol. The second-order valence-corrected chi connectivity index (χ2v) is 8.02. The lowest BCUT2D eigenvalue weighted by Crippen LogP contribution is -2.22. The van der Waals surface area contributed by atoms with Crippen LogP contribution in [0.15, 0.2) is 70.8 Å². The van der Waals surface area contributed by atoms with E-state index in [4.69, 9.17) is 4.55 Å². The van der Waals surface area contributed by atoms with E-state index in [2.05, 4.69) is 24.8 Å². The van der Waals surface area contributed by atoms with Crippen LogP contribution in [0.2, 0.25) is 0 Å². The summed E-state index contributed by atoms with van der Waals surface area (Å²) in [7, 11) is -2.39. The highest BCUT2D eigenvalue weighted by atomic mass is 32.2. The van der Waals surface area contributed by atoms with Gasteiger partial charge in [-0.1, -0.05) is 32.0 Å². The van der Waals surface area contributed by atoms with Crippen LogP contribution in [0, 0.1) is 0 Å². The van der Waals surface area contributed by atoms with E-state index < -0.39 is 10.1 Å². The fraction of sp³-hybridized carbons (Fsp3) is 0.211. The van der Waals surface area contributed by atoms with Crippen molar-refractivity contribution >= 4 is 21.6 Å². The van der Waals surface area contributed by atoms with Crippen LogP contribution in [-0.2, 0) is 20.3 Å². The molecule has 0 saturated carbocycles. The van der Waals surface area contributed by atoms with E-state index >= 15 is 0 Å². The van der Waals surface area contributed by atoms with Gasteiger partial charge < -0.3 is 4.90 Å². The summed E-state index contributed by atoms with van der Waals surface area (Å²) in [6.07, 6.45) is 6.85. The van der Waals surface area contributed by atoms with Gasteiger partial charge in [-0.25, -0.2) is 0 Å². The molecule has 1 aromatic rings. The number of anilines is 1. The van der Waals surface area contributed by atoms with E-state index in [0.717, 1.165) is 23.5 Å². The van der Waals surface area contributed by atoms with Gasteiger partial charge in [0, 0.05) is 29.4 Å². The largest absolute Gasteiger partial charge is 0.347 e. The summed E-state index contributed by atoms with van der Waals surface area (Å²) >= 11 is 0. The molecular formula is C19H19NO4S. The number of hydrogen-bond donors (Lipinski definition) is 1. The maximum atomic E-state index is 12.0. The number of benzene rings is 1. The zero-order valence-electron chi connectivity index (χ0n) is 14.2. The Morgan fingerprint density at radius 1 is 1.12 bits per heavy atom. The van der Waals surface area contributed by atoms with Gasteiger partial charge in [0.05, 0.1) is 4.91 Å². The Labute approximate surface area is 147 Å². The molecular weight excluding hydrogens is 338 g/mol. The minimum absolute atomic E-state index is 0.211. The number of hydrogen-bond acceptors (Lipinski definition) is 4. The maximum Gasteiger partial charge on any atom is 0.294 e. The molecule has 0 saturated heterocycles. The molecule has 0 atom stereocenters. The third kappa shape index (κ3) is 2.99. The lowest BCUT2D eigenvalue weighted by atomic mass is 9.83. The average molecular weight is 357 g/mol. The first kappa shape index (κ1) is 17.4. The second-order valence-electron chi connectivity index (χ2n) is 6.59. The standard InChI is InChI=1S/C19H19NO4S/c1-19(2)15-6-4-5-7-16(15)20(3)18(19)11-8-13-12-14(25(22,23)24)9-10-17(13)21/h4-12H,1-3H3,(H,22,23,24). The lowest BCUT2D eigenvalue weighted by Gasteiger charge is -2.23. The molecule has 3 rings (SSSR count). The van der Waals surface area contributed by atoms with Crippen LogP contribution in [0.25, 0.3) is 0 Å². The first-order valence-corrected chi connectivity index (χ1v) is 9.23. The minimum atomic E-state index is -4.35. The fourth-order valence-corrected chi connectivity index (χ4v) is 3.80. The van der Waals surface area contributed by atoms with Gasteiger partial charge in [0.15, 0.2) is 5.78 Å². The zero-order chi connectivity index (χ0) is 18.4. The van der Waals surface area contributed by atoms with Crippen LogP contribution < -0.4 is 4.90 Å². The average Bonchev–Trinajstić information content (AvgIpc) is 2.73. The Hall–Kier alpha value is -2.44. The molecule has 0 unspecified atom stereocenters. The molecule has 6 heteroatoms. The Morgan fingerprint density at radius 2 is 1.80 bits per heavy atom. The molecule has 0 amide bonds. The predicted molar refractivity (Wildman–Crippen MR) is 97.8 cm³/mol. The second kappa shape index (κ2) is 5.82. The normalized spacial score (nSPS) is 22.5. The molecule has 0 aromatic heterocycles. The van der Waals surface area contributed by atoms with Gasteiger partial charge in [0.25, 0.3) is 10.1 Å². The van der Waals surface area contributed by atoms with Crippen molar-refractivity contribution in [1.29, 1.82) is 0 Å². The van der Waals surface area contributed by atoms with Crippen LogP contribution >= 0.6 is 0 Å². The van der Waals surface area contributed by atoms with Crippen molar-refractivity contribution in [2.24, 2.45) is 0 Å². The number of rotatable bonds is 2. The SMILES string of the molecule is CN1C(=CC=C2C=C(S(=O)(=O)O)C=CC2=O)C(C)(C)c2ccccc21. The summed E-state index contributed by atoms with van der Waals surface area (Å²) in [6, 6.07) is 8.08. The Kier molecular flexibility index (Phi) is 4.05. The van der Waals surface area contributed by atoms with Gasteiger partial charge in [-0.15, -0.1) is 0 Å². The quantitative estimate of drug-likeness (QED) is 0.650. The molecule has 25 heavy (non-hydrogen) atoms. The number of fused-ring (bicyclic) bond motifs is 1. The summed E-state index contributed by atoms with van der Waals surface area (Å²) in [6.45, 7) is 4.20. The van der Waals surface area contributed by atoms with Crippen molar-refractivity contribution < 1.29 is 17.8 Å². The van der Waals surface area contributed by atoms with Gasteiger partial charge in [-0.3, -0.25) is 9.35 Å². The van der Waals surface area contributed by atoms with Crippen LogP contribution in [-0.4, -0.2) is 25.8 Å². The summed E-state index contributed by atoms with van der Waals surface area (Å²) in [5.41, 5.74) is 3.24. The molecule has 1 aliphatic heterocycles. The van der Waals surface area contributed by atoms with Crippen molar-refractivity contribution in [3.05, 3.63) is 76.4 Å². The molecule has 1 aliphatic carbocycles. The lowest BCUT2D eigenvalue weighted by molar-refractivity contribution is -0.111. The number of allylic oxidation sites excluding steroid dienone is 7. The van der Waals surface area contributed by atoms with Gasteiger partial charge >= 0.3 is 0 Å². The third-order valence-electron chi connectivity index (χ3n) is 4.64. The molecule has 0 bridgehead atoms. The smallest absolute Gasteiger partial charge is 0.294 e. The topological polar surface area (TPSA) is 74.7 Å². The molecule has 0 spiro atoms. The van der Waals surface area contributed by atoms with E-state index in [1.165, 1.54) is 11.6 Å². The number of likely N-dealkylation sites (N-methyl/N-ethyl adjacent to an activating group) is 1. The number of carbonyl (C=O) groups excluding carboxylic acids is 1. The van der Waals surface area contributed by atoms with Crippen molar-refractivity contribution in [3.63, 3.8) is 0 Å². The highest BCUT2D eigenvalue weighted by molar-refractivity contribution is 7.90. The maximum absolute atomic E-state index is 12.0. The van der Waals surface area contributed by atoms with Crippen molar-refractivity contribution in [3.8, 4) is 0 Å². The van der Waals surface area contributed by atoms with Gasteiger partial charge in [0.2, 0.25) is 0 Å². The minimum Gasteiger partial charge on any atom is -0.347 e. The molecule has 5 nitrogen and oxygen atoms in total. The Bertz CT molecular complexity index is 978. The highest BCUT2D eigenvalue weighted by Gasteiger charge is 2.37. The zero-order valence-corrected chi connectivity index (χ0v) is 15.0. The number of para-hydroxylation sites is 1. The molecule has 130 valence electrons. The first-order valence-electron chi connectivity index (χ1n) is 7.79. The molecule has 1 aromatic carbocycles. The first-order chi connectivity index (χ1) is 11.6. The van der Waals surface area contributed by atoms with Crippen LogP contribution in [0.3, 0.4) is 0 Å². The highest BCUT2D eigenvalue weighted by Crippen LogP contribution is 2.46. The van der Waals surface area contributed by atoms with E-state index in [9.17, 15) is 13.2 Å². The van der Waals surface area contributed by atoms with Crippen LogP contribution in [0.4, 0.5) is 5.69 Å². The number of nitrogens with zero attached hydrogens (tertiary/aromatic N) is 1. The number of carbonyl (C=O) groups is 1. The summed E-state index contributed by atoms with van der Waals surface area (Å²) < 4.78 is 31.7. The predicted octanol–water partition coefficient (Wildman–Crippen LogP) is 3.13. The van der Waals surface area contributed by atoms with Gasteiger partial charge in [-0.2, -0.15) is 8.42 Å². The Balaban J connectivity index is 2.05. The summed E-state index contributed by atoms with van der Waals surface area (Å²) in [5, 5.41) is 0. The number of ketones is 1. The van der Waals surface area contributed by atoms with Crippen LogP contribution in [0.5, 0.6) is 0 Å². The molecule has 0 fully saturated rings. The fourth-order valence-electron chi connectivity index (χ4n) is 3.29. The molecule has 1 heterocycles. The van der Waals surface area contributed by atoms with Crippen molar-refractivity contribution in [1.82, 2.24) is 0 Å². The summed E-state index contributed by atoms with van der Waals surface area (Å²) in [4.78, 5) is 13.8. The van der Waals surface area contributed by atoms with Gasteiger partial charge in [-0.05, 0) is 42.0 Å². The third-order valence-corrected chi connectivity index (χ3v) is 5.49. The van der Waals surface area contributed by atoms with E-state index in [0.29, 0.717) is 0 Å². The van der Waals surface area contributed by atoms with Gasteiger partial charge in [0.1, 0.15) is 0 Å². The molecule has 2 aliphatic rings. The molecule has 0 radical (unpaired) electrons. The van der Waals surface area contributed by atoms with Crippen LogP contribution in [0.1, 0.15) is 19.4 Å². The van der Waals surface area contributed by atoms with E-state index in [1.807, 2.05) is 31.3 Å². The van der Waals surface area contributed by atoms with Crippen molar-refractivity contribution in [2.75, 3.05) is 11.9 Å². The van der Waals surface area contributed by atoms with Crippen molar-refractivity contribution in [2.45, 2.75) is 19.3 Å². The summed E-state index contributed by atoms with van der Waals surface area (Å²) in [5.74, 6) is -0.305. The molecule has 1 N–H and O–H groups in total. The van der Waals surface area contributed by atoms with E-state index in [-0.39, 0.29) is 21.7 Å². The Morgan fingerprint density at radius 3 is 2.44 bits per heavy atom.